The number of likely N-dealkylation sites (tertiary alicyclic amines) is 1. The molecule has 0 spiro atoms. The van der Waals surface area contributed by atoms with Gasteiger partial charge in [-0.2, -0.15) is 0 Å². The number of carbonyl (C=O) groups is 1. The first kappa shape index (κ1) is 16.0. The molecule has 2 rings (SSSR count). The van der Waals surface area contributed by atoms with E-state index in [2.05, 4.69) is 12.2 Å². The van der Waals surface area contributed by atoms with E-state index in [0.717, 1.165) is 37.1 Å². The SMILES string of the molecule is CNCCc1ccccc1C(=O)N1CCC(C)C(OC)C1. The second-order valence-corrected chi connectivity index (χ2v) is 5.80. The molecule has 21 heavy (non-hydrogen) atoms. The van der Waals surface area contributed by atoms with Crippen molar-refractivity contribution in [1.29, 1.82) is 0 Å². The Labute approximate surface area is 127 Å². The van der Waals surface area contributed by atoms with Gasteiger partial charge < -0.3 is 15.0 Å². The van der Waals surface area contributed by atoms with Crippen molar-refractivity contribution in [2.45, 2.75) is 25.9 Å². The maximum atomic E-state index is 12.8. The topological polar surface area (TPSA) is 41.6 Å². The van der Waals surface area contributed by atoms with Gasteiger partial charge in [-0.25, -0.2) is 0 Å². The highest BCUT2D eigenvalue weighted by Crippen LogP contribution is 2.22. The number of piperidine rings is 1. The fourth-order valence-corrected chi connectivity index (χ4v) is 2.90. The second-order valence-electron chi connectivity index (χ2n) is 5.80. The summed E-state index contributed by atoms with van der Waals surface area (Å²) in [7, 11) is 3.66. The molecule has 1 aliphatic rings. The predicted octanol–water partition coefficient (Wildman–Crippen LogP) is 1.95. The Balaban J connectivity index is 2.12. The number of carbonyl (C=O) groups excluding carboxylic acids is 1. The zero-order chi connectivity index (χ0) is 15.2. The third-order valence-corrected chi connectivity index (χ3v) is 4.37. The number of likely N-dealkylation sites (N-methyl/N-ethyl adjacent to an activating group) is 1. The second kappa shape index (κ2) is 7.57. The lowest BCUT2D eigenvalue weighted by Crippen LogP contribution is -2.46. The maximum absolute atomic E-state index is 12.8. The lowest BCUT2D eigenvalue weighted by Gasteiger charge is -2.36. The third kappa shape index (κ3) is 3.83. The lowest BCUT2D eigenvalue weighted by molar-refractivity contribution is -0.00160. The average molecular weight is 290 g/mol. The largest absolute Gasteiger partial charge is 0.379 e. The van der Waals surface area contributed by atoms with Gasteiger partial charge >= 0.3 is 0 Å². The van der Waals surface area contributed by atoms with Crippen molar-refractivity contribution in [3.05, 3.63) is 35.4 Å². The highest BCUT2D eigenvalue weighted by atomic mass is 16.5. The number of methoxy groups -OCH3 is 1. The van der Waals surface area contributed by atoms with Gasteiger partial charge in [0.05, 0.1) is 6.10 Å². The van der Waals surface area contributed by atoms with E-state index in [-0.39, 0.29) is 12.0 Å². The van der Waals surface area contributed by atoms with Gasteiger partial charge in [0.15, 0.2) is 0 Å². The summed E-state index contributed by atoms with van der Waals surface area (Å²) in [6.45, 7) is 4.58. The molecule has 2 atom stereocenters. The molecule has 116 valence electrons. The molecule has 0 bridgehead atoms. The fourth-order valence-electron chi connectivity index (χ4n) is 2.90. The van der Waals surface area contributed by atoms with Crippen LogP contribution in [0.2, 0.25) is 0 Å². The van der Waals surface area contributed by atoms with Gasteiger partial charge in [0.2, 0.25) is 0 Å². The summed E-state index contributed by atoms with van der Waals surface area (Å²) in [6, 6.07) is 7.92. The Morgan fingerprint density at radius 2 is 2.19 bits per heavy atom. The highest BCUT2D eigenvalue weighted by molar-refractivity contribution is 5.95. The molecule has 1 N–H and O–H groups in total. The lowest BCUT2D eigenvalue weighted by atomic mass is 9.94. The molecule has 1 heterocycles. The van der Waals surface area contributed by atoms with Crippen molar-refractivity contribution in [2.75, 3.05) is 33.8 Å². The normalized spacial score (nSPS) is 22.3. The smallest absolute Gasteiger partial charge is 0.254 e. The Bertz CT molecular complexity index is 476. The zero-order valence-electron chi connectivity index (χ0n) is 13.3. The van der Waals surface area contributed by atoms with E-state index >= 15 is 0 Å². The molecular weight excluding hydrogens is 264 g/mol. The van der Waals surface area contributed by atoms with Crippen molar-refractivity contribution >= 4 is 5.91 Å². The number of nitrogens with zero attached hydrogens (tertiary/aromatic N) is 1. The monoisotopic (exact) mass is 290 g/mol. The van der Waals surface area contributed by atoms with Crippen LogP contribution in [-0.4, -0.2) is 50.7 Å². The van der Waals surface area contributed by atoms with E-state index in [0.29, 0.717) is 12.5 Å². The van der Waals surface area contributed by atoms with Gasteiger partial charge in [0.1, 0.15) is 0 Å². The minimum atomic E-state index is 0.135. The molecule has 1 fully saturated rings. The van der Waals surface area contributed by atoms with Crippen LogP contribution < -0.4 is 5.32 Å². The molecule has 1 amide bonds. The van der Waals surface area contributed by atoms with Crippen LogP contribution in [0, 0.1) is 5.92 Å². The molecule has 1 saturated heterocycles. The highest BCUT2D eigenvalue weighted by Gasteiger charge is 2.29. The third-order valence-electron chi connectivity index (χ3n) is 4.37. The molecule has 1 aliphatic heterocycles. The molecular formula is C17H26N2O2. The van der Waals surface area contributed by atoms with Crippen LogP contribution in [0.5, 0.6) is 0 Å². The molecule has 0 saturated carbocycles. The number of rotatable bonds is 5. The molecule has 4 heteroatoms. The number of nitrogens with one attached hydrogen (secondary N) is 1. The summed E-state index contributed by atoms with van der Waals surface area (Å²) in [4.78, 5) is 14.7. The van der Waals surface area contributed by atoms with E-state index in [1.807, 2.05) is 36.2 Å². The van der Waals surface area contributed by atoms with Crippen LogP contribution in [0.4, 0.5) is 0 Å². The molecule has 0 aromatic heterocycles. The summed E-state index contributed by atoms with van der Waals surface area (Å²) >= 11 is 0. The first-order valence-corrected chi connectivity index (χ1v) is 7.72. The van der Waals surface area contributed by atoms with Crippen LogP contribution in [-0.2, 0) is 11.2 Å². The zero-order valence-corrected chi connectivity index (χ0v) is 13.3. The summed E-state index contributed by atoms with van der Waals surface area (Å²) in [5.41, 5.74) is 1.95. The van der Waals surface area contributed by atoms with E-state index in [1.165, 1.54) is 0 Å². The van der Waals surface area contributed by atoms with Gasteiger partial charge in [0.25, 0.3) is 5.91 Å². The van der Waals surface area contributed by atoms with Crippen molar-refractivity contribution in [3.8, 4) is 0 Å². The average Bonchev–Trinajstić information content (AvgIpc) is 2.53. The molecule has 2 unspecified atom stereocenters. The van der Waals surface area contributed by atoms with Crippen LogP contribution in [0.3, 0.4) is 0 Å². The molecule has 0 radical (unpaired) electrons. The minimum Gasteiger partial charge on any atom is -0.379 e. The number of hydrogen-bond donors (Lipinski definition) is 1. The first-order chi connectivity index (χ1) is 10.2. The maximum Gasteiger partial charge on any atom is 0.254 e. The Kier molecular flexibility index (Phi) is 5.76. The number of ether oxygens (including phenoxy) is 1. The Morgan fingerprint density at radius 1 is 1.43 bits per heavy atom. The summed E-state index contributed by atoms with van der Waals surface area (Å²) in [5.74, 6) is 0.647. The van der Waals surface area contributed by atoms with Gasteiger partial charge in [-0.05, 0) is 44.0 Å². The fraction of sp³-hybridized carbons (Fsp3) is 0.588. The summed E-state index contributed by atoms with van der Waals surface area (Å²) < 4.78 is 5.51. The van der Waals surface area contributed by atoms with Crippen molar-refractivity contribution in [3.63, 3.8) is 0 Å². The van der Waals surface area contributed by atoms with Crippen molar-refractivity contribution < 1.29 is 9.53 Å². The van der Waals surface area contributed by atoms with Crippen molar-refractivity contribution in [2.24, 2.45) is 5.92 Å². The van der Waals surface area contributed by atoms with E-state index in [9.17, 15) is 4.79 Å². The molecule has 1 aromatic rings. The summed E-state index contributed by atoms with van der Waals surface area (Å²) in [6.07, 6.45) is 2.02. The minimum absolute atomic E-state index is 0.135. The van der Waals surface area contributed by atoms with E-state index < -0.39 is 0 Å². The van der Waals surface area contributed by atoms with Crippen LogP contribution in [0.25, 0.3) is 0 Å². The van der Waals surface area contributed by atoms with Crippen LogP contribution >= 0.6 is 0 Å². The van der Waals surface area contributed by atoms with Crippen molar-refractivity contribution in [1.82, 2.24) is 10.2 Å². The van der Waals surface area contributed by atoms with Gasteiger partial charge in [-0.3, -0.25) is 4.79 Å². The van der Waals surface area contributed by atoms with Crippen LogP contribution in [0.15, 0.2) is 24.3 Å². The quantitative estimate of drug-likeness (QED) is 0.901. The number of amides is 1. The van der Waals surface area contributed by atoms with E-state index in [4.69, 9.17) is 4.74 Å². The number of hydrogen-bond acceptors (Lipinski definition) is 3. The molecule has 4 nitrogen and oxygen atoms in total. The first-order valence-electron chi connectivity index (χ1n) is 7.72. The Hall–Kier alpha value is -1.39. The van der Waals surface area contributed by atoms with Gasteiger partial charge in [0, 0.05) is 25.8 Å². The predicted molar refractivity (Wildman–Crippen MR) is 84.6 cm³/mol. The number of benzene rings is 1. The summed E-state index contributed by atoms with van der Waals surface area (Å²) in [5, 5.41) is 3.14. The van der Waals surface area contributed by atoms with Crippen LogP contribution in [0.1, 0.15) is 29.3 Å². The van der Waals surface area contributed by atoms with Gasteiger partial charge in [-0.15, -0.1) is 0 Å². The molecule has 0 aliphatic carbocycles. The molecule has 1 aromatic carbocycles. The van der Waals surface area contributed by atoms with Gasteiger partial charge in [-0.1, -0.05) is 25.1 Å². The Morgan fingerprint density at radius 3 is 2.90 bits per heavy atom. The standard InChI is InChI=1S/C17H26N2O2/c1-13-9-11-19(12-16(13)21-3)17(20)15-7-5-4-6-14(15)8-10-18-2/h4-7,13,16,18H,8-12H2,1-3H3. The van der Waals surface area contributed by atoms with E-state index in [1.54, 1.807) is 7.11 Å².